The summed E-state index contributed by atoms with van der Waals surface area (Å²) in [6.45, 7) is 0.0172. The zero-order chi connectivity index (χ0) is 28.8. The first kappa shape index (κ1) is 27.2. The van der Waals surface area contributed by atoms with Crippen LogP contribution in [0.3, 0.4) is 0 Å². The van der Waals surface area contributed by atoms with Crippen LogP contribution in [0, 0.1) is 11.6 Å². The minimum absolute atomic E-state index is 0.0306. The van der Waals surface area contributed by atoms with Gasteiger partial charge in [-0.1, -0.05) is 0 Å². The number of benzene rings is 1. The summed E-state index contributed by atoms with van der Waals surface area (Å²) in [5.41, 5.74) is 10.3. The van der Waals surface area contributed by atoms with Crippen LogP contribution >= 0.6 is 0 Å². The van der Waals surface area contributed by atoms with Gasteiger partial charge in [0.15, 0.2) is 28.5 Å². The van der Waals surface area contributed by atoms with E-state index in [0.29, 0.717) is 6.42 Å². The van der Waals surface area contributed by atoms with Gasteiger partial charge < -0.3 is 26.2 Å². The quantitative estimate of drug-likeness (QED) is 0.299. The number of nitrogen functional groups attached to an aromatic ring is 1. The van der Waals surface area contributed by atoms with Crippen molar-refractivity contribution >= 4 is 28.7 Å². The van der Waals surface area contributed by atoms with E-state index in [0.717, 1.165) is 23.0 Å². The lowest BCUT2D eigenvalue weighted by atomic mass is 9.84. The summed E-state index contributed by atoms with van der Waals surface area (Å²) in [5.74, 6) is -2.64. The van der Waals surface area contributed by atoms with Gasteiger partial charge in [0, 0.05) is 36.5 Å². The SMILES string of the molecule is COc1cc(F)c(-c2cnc(N3CCC[C@](N)([C@H](O)C(F)F)C3)c(C(=O)n3cnc4c(N)ncnc43)c2)cc1F. The number of nitrogens with two attached hydrogens (primary N) is 2. The molecule has 1 aliphatic rings. The molecule has 1 aliphatic heterocycles. The Morgan fingerprint density at radius 3 is 2.65 bits per heavy atom. The largest absolute Gasteiger partial charge is 0.494 e. The first-order valence-corrected chi connectivity index (χ1v) is 12.1. The highest BCUT2D eigenvalue weighted by atomic mass is 19.3. The van der Waals surface area contributed by atoms with Crippen LogP contribution in [0.5, 0.6) is 5.75 Å². The Kier molecular flexibility index (Phi) is 7.01. The molecule has 5 N–H and O–H groups in total. The molecule has 210 valence electrons. The Labute approximate surface area is 224 Å². The fourth-order valence-electron chi connectivity index (χ4n) is 4.84. The number of anilines is 2. The van der Waals surface area contributed by atoms with Crippen molar-refractivity contribution < 1.29 is 32.2 Å². The summed E-state index contributed by atoms with van der Waals surface area (Å²) in [6.07, 6.45) is -1.25. The Bertz CT molecular complexity index is 1600. The van der Waals surface area contributed by atoms with Crippen molar-refractivity contribution in [3.05, 3.63) is 54.2 Å². The Morgan fingerprint density at radius 2 is 1.93 bits per heavy atom. The molecular weight excluding hydrogens is 536 g/mol. The summed E-state index contributed by atoms with van der Waals surface area (Å²) >= 11 is 0. The second-order valence-corrected chi connectivity index (χ2v) is 9.45. The molecule has 2 atom stereocenters. The zero-order valence-corrected chi connectivity index (χ0v) is 21.1. The smallest absolute Gasteiger partial charge is 0.268 e. The zero-order valence-electron chi connectivity index (χ0n) is 21.1. The molecule has 0 unspecified atom stereocenters. The highest BCUT2D eigenvalue weighted by Crippen LogP contribution is 2.34. The third-order valence-electron chi connectivity index (χ3n) is 6.91. The fraction of sp³-hybridized carbons (Fsp3) is 0.320. The number of nitrogens with zero attached hydrogens (tertiary/aromatic N) is 6. The number of aromatic nitrogens is 5. The number of carbonyl (C=O) groups excluding carboxylic acids is 1. The van der Waals surface area contributed by atoms with Gasteiger partial charge in [0.2, 0.25) is 0 Å². The number of aliphatic hydroxyl groups excluding tert-OH is 1. The number of alkyl halides is 2. The highest BCUT2D eigenvalue weighted by molar-refractivity contribution is 6.05. The lowest BCUT2D eigenvalue weighted by molar-refractivity contribution is -0.0529. The maximum Gasteiger partial charge on any atom is 0.268 e. The van der Waals surface area contributed by atoms with Crippen molar-refractivity contribution in [1.29, 1.82) is 0 Å². The molecule has 0 aliphatic carbocycles. The molecule has 0 amide bonds. The minimum atomic E-state index is -3.09. The van der Waals surface area contributed by atoms with Gasteiger partial charge in [-0.15, -0.1) is 0 Å². The van der Waals surface area contributed by atoms with Crippen LogP contribution in [0.15, 0.2) is 37.1 Å². The molecule has 1 fully saturated rings. The minimum Gasteiger partial charge on any atom is -0.494 e. The number of pyridine rings is 1. The van der Waals surface area contributed by atoms with Crippen LogP contribution in [0.4, 0.5) is 29.2 Å². The Hall–Kier alpha value is -4.37. The first-order valence-electron chi connectivity index (χ1n) is 12.1. The molecule has 1 saturated heterocycles. The Morgan fingerprint density at radius 1 is 1.15 bits per heavy atom. The van der Waals surface area contributed by atoms with Gasteiger partial charge in [-0.25, -0.2) is 42.1 Å². The molecule has 0 spiro atoms. The summed E-state index contributed by atoms with van der Waals surface area (Å²) in [4.78, 5) is 31.8. The number of methoxy groups -OCH3 is 1. The van der Waals surface area contributed by atoms with Crippen LogP contribution in [-0.2, 0) is 0 Å². The van der Waals surface area contributed by atoms with Crippen LogP contribution in [0.2, 0.25) is 0 Å². The van der Waals surface area contributed by atoms with Crippen LogP contribution in [-0.4, -0.2) is 73.8 Å². The second kappa shape index (κ2) is 10.3. The van der Waals surface area contributed by atoms with Crippen molar-refractivity contribution in [3.63, 3.8) is 0 Å². The van der Waals surface area contributed by atoms with Crippen LogP contribution in [0.1, 0.15) is 23.2 Å². The van der Waals surface area contributed by atoms with Gasteiger partial charge in [-0.05, 0) is 25.0 Å². The molecule has 11 nitrogen and oxygen atoms in total. The topological polar surface area (TPSA) is 158 Å². The number of piperidine rings is 1. The van der Waals surface area contributed by atoms with Crippen LogP contribution < -0.4 is 21.1 Å². The van der Waals surface area contributed by atoms with Gasteiger partial charge >= 0.3 is 0 Å². The number of carbonyl (C=O) groups is 1. The standard InChI is InChI=1S/C25H24F4N8O3/c1-40-17-7-15(26)13(6-16(17)27)12-5-14(24(39)37-11-35-18-21(30)33-10-34-23(18)37)22(32-8-12)36-4-2-3-25(31,9-36)19(38)20(28)29/h5-8,10-11,19-20,38H,2-4,9,31H2,1H3,(H2,30,33,34)/t19-,25-/m1/s1. The first-order chi connectivity index (χ1) is 19.0. The van der Waals surface area contributed by atoms with E-state index in [-0.39, 0.29) is 64.7 Å². The molecular formula is C25H24F4N8O3. The average Bonchev–Trinajstić information content (AvgIpc) is 3.38. The fourth-order valence-corrected chi connectivity index (χ4v) is 4.84. The lowest BCUT2D eigenvalue weighted by Gasteiger charge is -2.43. The van der Waals surface area contributed by atoms with E-state index >= 15 is 0 Å². The Balaban J connectivity index is 1.65. The monoisotopic (exact) mass is 560 g/mol. The summed E-state index contributed by atoms with van der Waals surface area (Å²) in [6, 6.07) is 3.06. The second-order valence-electron chi connectivity index (χ2n) is 9.45. The summed E-state index contributed by atoms with van der Waals surface area (Å²) in [5, 5.41) is 10.1. The normalized spacial score (nSPS) is 18.4. The van der Waals surface area contributed by atoms with E-state index in [1.54, 1.807) is 0 Å². The number of hydrogen-bond acceptors (Lipinski definition) is 10. The van der Waals surface area contributed by atoms with Crippen LogP contribution in [0.25, 0.3) is 22.3 Å². The number of imidazole rings is 1. The maximum atomic E-state index is 15.0. The highest BCUT2D eigenvalue weighted by Gasteiger charge is 2.43. The molecule has 0 radical (unpaired) electrons. The van der Waals surface area contributed by atoms with E-state index in [1.165, 1.54) is 30.6 Å². The van der Waals surface area contributed by atoms with E-state index in [9.17, 15) is 27.5 Å². The van der Waals surface area contributed by atoms with Crippen molar-refractivity contribution in [2.75, 3.05) is 30.8 Å². The third kappa shape index (κ3) is 4.66. The molecule has 4 heterocycles. The molecule has 1 aromatic carbocycles. The van der Waals surface area contributed by atoms with E-state index in [2.05, 4.69) is 19.9 Å². The number of aliphatic hydroxyl groups is 1. The van der Waals surface area contributed by atoms with Crippen molar-refractivity contribution in [1.82, 2.24) is 24.5 Å². The molecule has 0 bridgehead atoms. The molecule has 15 heteroatoms. The van der Waals surface area contributed by atoms with Crippen molar-refractivity contribution in [2.45, 2.75) is 30.9 Å². The molecule has 5 rings (SSSR count). The van der Waals surface area contributed by atoms with E-state index < -0.39 is 35.6 Å². The van der Waals surface area contributed by atoms with Crippen molar-refractivity contribution in [2.24, 2.45) is 5.73 Å². The van der Waals surface area contributed by atoms with Gasteiger partial charge in [0.1, 0.15) is 30.4 Å². The predicted octanol–water partition coefficient (Wildman–Crippen LogP) is 2.37. The average molecular weight is 561 g/mol. The van der Waals surface area contributed by atoms with E-state index in [1.807, 2.05) is 0 Å². The van der Waals surface area contributed by atoms with Gasteiger partial charge in [0.05, 0.1) is 18.2 Å². The number of fused-ring (bicyclic) bond motifs is 1. The predicted molar refractivity (Wildman–Crippen MR) is 136 cm³/mol. The maximum absolute atomic E-state index is 15.0. The molecule has 4 aromatic rings. The molecule has 0 saturated carbocycles. The number of halogens is 4. The van der Waals surface area contributed by atoms with Gasteiger partial charge in [-0.3, -0.25) is 4.79 Å². The van der Waals surface area contributed by atoms with Crippen molar-refractivity contribution in [3.8, 4) is 16.9 Å². The summed E-state index contributed by atoms with van der Waals surface area (Å²) in [7, 11) is 1.19. The number of ether oxygens (including phenoxy) is 1. The summed E-state index contributed by atoms with van der Waals surface area (Å²) < 4.78 is 62.1. The number of hydrogen-bond donors (Lipinski definition) is 3. The molecule has 40 heavy (non-hydrogen) atoms. The molecule has 3 aromatic heterocycles. The van der Waals surface area contributed by atoms with Gasteiger partial charge in [0.25, 0.3) is 12.3 Å². The lowest BCUT2D eigenvalue weighted by Crippen LogP contribution is -2.63. The number of rotatable bonds is 6. The third-order valence-corrected chi connectivity index (χ3v) is 6.91. The van der Waals surface area contributed by atoms with E-state index in [4.69, 9.17) is 16.2 Å². The van der Waals surface area contributed by atoms with Gasteiger partial charge in [-0.2, -0.15) is 0 Å².